The Labute approximate surface area is 472 Å². The molecule has 1 fully saturated rings. The number of likely N-dealkylation sites (tertiary alicyclic amines) is 1. The summed E-state index contributed by atoms with van der Waals surface area (Å²) in [6.45, 7) is 30.7. The zero-order valence-electron chi connectivity index (χ0n) is 51.8. The molecule has 1 unspecified atom stereocenters. The number of hydrogen-bond donors (Lipinski definition) is 0. The van der Waals surface area contributed by atoms with Crippen LogP contribution in [0.15, 0.2) is 25.3 Å². The van der Waals surface area contributed by atoms with E-state index in [0.29, 0.717) is 24.7 Å². The fraction of sp³-hybridized carbons (Fsp3) is 0.899. The van der Waals surface area contributed by atoms with Crippen molar-refractivity contribution < 1.29 is 23.9 Å². The third-order valence-corrected chi connectivity index (χ3v) is 14.9. The highest BCUT2D eigenvalue weighted by molar-refractivity contribution is 5.88. The Hall–Kier alpha value is -1.79. The largest absolute Gasteiger partial charge is 0.462 e. The summed E-state index contributed by atoms with van der Waals surface area (Å²) in [6, 6.07) is 0.555. The summed E-state index contributed by atoms with van der Waals surface area (Å²) in [4.78, 5) is 37.0. The van der Waals surface area contributed by atoms with E-state index >= 15 is 0 Å². The van der Waals surface area contributed by atoms with Crippen LogP contribution in [0.5, 0.6) is 0 Å². The number of rotatable bonds is 52. The van der Waals surface area contributed by atoms with E-state index in [2.05, 4.69) is 65.7 Å². The monoisotopic (exact) mass is 1060 g/mol. The summed E-state index contributed by atoms with van der Waals surface area (Å²) < 4.78 is 12.1. The van der Waals surface area contributed by atoms with Crippen LogP contribution in [0.25, 0.3) is 0 Å². The van der Waals surface area contributed by atoms with E-state index in [9.17, 15) is 14.4 Å². The number of Topliss-reactive ketones (excluding diaryl/α,β-unsaturated/α-hetero) is 1. The lowest BCUT2D eigenvalue weighted by atomic mass is 9.94. The second kappa shape index (κ2) is 66.5. The van der Waals surface area contributed by atoms with Crippen molar-refractivity contribution in [3.05, 3.63) is 25.3 Å². The van der Waals surface area contributed by atoms with Gasteiger partial charge in [-0.3, -0.25) is 14.5 Å². The molecule has 0 aromatic rings. The van der Waals surface area contributed by atoms with Crippen molar-refractivity contribution in [3.63, 3.8) is 0 Å². The number of esters is 1. The molecular weight excluding hydrogens is 923 g/mol. The van der Waals surface area contributed by atoms with Crippen molar-refractivity contribution in [1.29, 1.82) is 0 Å². The van der Waals surface area contributed by atoms with Crippen LogP contribution in [0.1, 0.15) is 352 Å². The highest BCUT2D eigenvalue weighted by atomic mass is 16.5. The molecule has 0 radical (unpaired) electrons. The first-order chi connectivity index (χ1) is 36.1. The maximum atomic E-state index is 12.6. The highest BCUT2D eigenvalue weighted by Crippen LogP contribution is 2.25. The van der Waals surface area contributed by atoms with Crippen LogP contribution in [-0.4, -0.2) is 60.9 Å². The van der Waals surface area contributed by atoms with Gasteiger partial charge in [-0.2, -0.15) is 0 Å². The molecule has 1 rings (SSSR count). The van der Waals surface area contributed by atoms with Crippen molar-refractivity contribution >= 4 is 17.5 Å². The number of carbonyl (C=O) groups excluding carboxylic acids is 3. The molecule has 75 heavy (non-hydrogen) atoms. The zero-order valence-corrected chi connectivity index (χ0v) is 51.8. The first-order valence-corrected chi connectivity index (χ1v) is 32.9. The third-order valence-electron chi connectivity index (χ3n) is 14.9. The molecule has 2 atom stereocenters. The van der Waals surface area contributed by atoms with Gasteiger partial charge >= 0.3 is 5.97 Å². The topological polar surface area (TPSA) is 72.9 Å². The Morgan fingerprint density at radius 1 is 0.520 bits per heavy atom. The lowest BCUT2D eigenvalue weighted by molar-refractivity contribution is -0.150. The number of nitrogens with zero attached hydrogens (tertiary/aromatic N) is 1. The van der Waals surface area contributed by atoms with Crippen molar-refractivity contribution in [1.82, 2.24) is 4.90 Å². The number of carbonyl (C=O) groups is 3. The average Bonchev–Trinajstić information content (AvgIpc) is 3.76. The molecule has 0 spiro atoms. The molecule has 448 valence electrons. The molecule has 0 N–H and O–H groups in total. The Morgan fingerprint density at radius 2 is 0.907 bits per heavy atom. The van der Waals surface area contributed by atoms with Crippen LogP contribution in [-0.2, 0) is 23.9 Å². The van der Waals surface area contributed by atoms with Crippen LogP contribution < -0.4 is 0 Å². The van der Waals surface area contributed by atoms with E-state index in [1.54, 1.807) is 6.92 Å². The van der Waals surface area contributed by atoms with Gasteiger partial charge in [0.15, 0.2) is 5.78 Å². The quantitative estimate of drug-likeness (QED) is 0.0262. The van der Waals surface area contributed by atoms with Gasteiger partial charge in [0.2, 0.25) is 0 Å². The number of ether oxygens (including phenoxy) is 2. The molecule has 6 heteroatoms. The van der Waals surface area contributed by atoms with Gasteiger partial charge in [0.1, 0.15) is 11.9 Å². The second-order valence-corrected chi connectivity index (χ2v) is 22.4. The minimum Gasteiger partial charge on any atom is -0.462 e. The fourth-order valence-electron chi connectivity index (χ4n) is 10.2. The van der Waals surface area contributed by atoms with Crippen LogP contribution in [0.2, 0.25) is 0 Å². The van der Waals surface area contributed by atoms with Gasteiger partial charge in [-0.1, -0.05) is 262 Å². The smallest absolute Gasteiger partial charge is 0.306 e. The van der Waals surface area contributed by atoms with Gasteiger partial charge in [-0.15, -0.1) is 6.58 Å². The predicted molar refractivity (Wildman–Crippen MR) is 334 cm³/mol. The molecule has 0 saturated carbocycles. The maximum Gasteiger partial charge on any atom is 0.306 e. The van der Waals surface area contributed by atoms with Gasteiger partial charge < -0.3 is 14.3 Å². The number of allylic oxidation sites excluding steroid dienone is 2. The summed E-state index contributed by atoms with van der Waals surface area (Å²) in [7, 11) is 0. The maximum absolute atomic E-state index is 12.6. The SMILES string of the molecule is C.C=CC(=O)CCCCCC.C=CC(CCCCCCCC)CCCCCCCC.CC.CCCCCCCCC(CCCCCCCC)OC(=O)CCCCCCCOC[C@@H]1CC(C)CN1CCCCCC(C)=O. The van der Waals surface area contributed by atoms with Gasteiger partial charge in [0.05, 0.1) is 6.61 Å². The summed E-state index contributed by atoms with van der Waals surface area (Å²) in [5, 5.41) is 0. The minimum absolute atomic E-state index is 0. The third kappa shape index (κ3) is 61.3. The lowest BCUT2D eigenvalue weighted by Crippen LogP contribution is -2.34. The summed E-state index contributed by atoms with van der Waals surface area (Å²) >= 11 is 0. The van der Waals surface area contributed by atoms with Crippen LogP contribution in [0.4, 0.5) is 0 Å². The Bertz CT molecular complexity index is 1140. The molecule has 0 amide bonds. The Balaban J connectivity index is -0.000000645. The molecule has 1 saturated heterocycles. The van der Waals surface area contributed by atoms with Crippen molar-refractivity contribution in [2.75, 3.05) is 26.3 Å². The second-order valence-electron chi connectivity index (χ2n) is 22.4. The van der Waals surface area contributed by atoms with E-state index in [-0.39, 0.29) is 25.3 Å². The van der Waals surface area contributed by atoms with Gasteiger partial charge in [-0.05, 0) is 108 Å². The van der Waals surface area contributed by atoms with Crippen LogP contribution >= 0.6 is 0 Å². The van der Waals surface area contributed by atoms with Crippen LogP contribution in [0, 0.1) is 11.8 Å². The standard InChI is InChI=1S/C38H73NO4.C19H38.C9H16O.C2H6.CH4/c1-5-7-9-11-14-20-26-37(27-21-15-12-10-8-6-2)43-38(41)28-22-16-13-17-24-30-42-33-36-31-34(3)32-39(36)29-23-18-19-25-35(4)40;1-4-7-9-11-13-15-17-19(6-3)18-16-14-12-10-8-5-2;1-3-5-6-7-8-9(10)4-2;1-2;/h34,36-37H,5-33H2,1-4H3;6,19H,3-5,7-18H2,1-2H3;4H,2-3,5-8H2,1H3;1-2H3;1H4/t34?,36-;;;;/m0..../s1. The van der Waals surface area contributed by atoms with Crippen molar-refractivity contribution in [2.45, 2.75) is 364 Å². The Morgan fingerprint density at radius 3 is 1.36 bits per heavy atom. The molecule has 1 heterocycles. The Kier molecular flexibility index (Phi) is 70.7. The van der Waals surface area contributed by atoms with Gasteiger partial charge in [0, 0.05) is 38.5 Å². The van der Waals surface area contributed by atoms with Crippen molar-refractivity contribution in [2.24, 2.45) is 11.8 Å². The zero-order chi connectivity index (χ0) is 55.4. The van der Waals surface area contributed by atoms with Gasteiger partial charge in [0.25, 0.3) is 0 Å². The molecule has 0 aromatic heterocycles. The number of ketones is 2. The highest BCUT2D eigenvalue weighted by Gasteiger charge is 2.29. The van der Waals surface area contributed by atoms with Crippen LogP contribution in [0.3, 0.4) is 0 Å². The molecule has 1 aliphatic heterocycles. The lowest BCUT2D eigenvalue weighted by Gasteiger charge is -2.24. The van der Waals surface area contributed by atoms with Crippen molar-refractivity contribution in [3.8, 4) is 0 Å². The number of unbranched alkanes of at least 4 members (excludes halogenated alkanes) is 29. The fourth-order valence-corrected chi connectivity index (χ4v) is 10.2. The molecule has 0 aromatic carbocycles. The van der Waals surface area contributed by atoms with E-state index < -0.39 is 0 Å². The molecule has 1 aliphatic rings. The predicted octanol–water partition coefficient (Wildman–Crippen LogP) is 22.3. The van der Waals surface area contributed by atoms with Gasteiger partial charge in [-0.25, -0.2) is 0 Å². The number of hydrogen-bond acceptors (Lipinski definition) is 6. The van der Waals surface area contributed by atoms with E-state index in [1.165, 1.54) is 225 Å². The summed E-state index contributed by atoms with van der Waals surface area (Å²) in [5.41, 5.74) is 0. The minimum atomic E-state index is 0. The first kappa shape index (κ1) is 79.7. The molecule has 6 nitrogen and oxygen atoms in total. The normalized spacial score (nSPS) is 14.0. The summed E-state index contributed by atoms with van der Waals surface area (Å²) in [5.74, 6) is 2.05. The molecular formula is C69H137NO5. The summed E-state index contributed by atoms with van der Waals surface area (Å²) in [6.07, 6.45) is 57.9. The van der Waals surface area contributed by atoms with E-state index in [4.69, 9.17) is 9.47 Å². The average molecular weight is 1060 g/mol. The molecule has 0 aliphatic carbocycles. The van der Waals surface area contributed by atoms with E-state index in [0.717, 1.165) is 89.4 Å². The van der Waals surface area contributed by atoms with E-state index in [1.807, 2.05) is 13.8 Å². The molecule has 0 bridgehead atoms. The first-order valence-electron chi connectivity index (χ1n) is 32.9.